The molecule has 4 rings (SSSR count). The number of aromatic nitrogens is 2. The number of anilines is 2. The number of hydrogen-bond acceptors (Lipinski definition) is 5. The largest absolute Gasteiger partial charge is 0.326 e. The van der Waals surface area contributed by atoms with E-state index in [0.717, 1.165) is 11.1 Å². The van der Waals surface area contributed by atoms with Crippen LogP contribution in [0, 0.1) is 6.92 Å². The van der Waals surface area contributed by atoms with Crippen molar-refractivity contribution in [1.82, 2.24) is 9.97 Å². The lowest BCUT2D eigenvalue weighted by Gasteiger charge is -2.23. The summed E-state index contributed by atoms with van der Waals surface area (Å²) in [5.41, 5.74) is 2.48. The van der Waals surface area contributed by atoms with Gasteiger partial charge < -0.3 is 15.6 Å². The van der Waals surface area contributed by atoms with Crippen molar-refractivity contribution in [3.05, 3.63) is 80.6 Å². The number of hydrogen-bond donors (Lipinski definition) is 3. The van der Waals surface area contributed by atoms with Gasteiger partial charge in [-0.3, -0.25) is 14.4 Å². The molecule has 1 aromatic heterocycles. The van der Waals surface area contributed by atoms with E-state index in [0.29, 0.717) is 21.6 Å². The maximum Gasteiger partial charge on any atom is 0.257 e. The number of nitrogens with one attached hydrogen (secondary N) is 3. The zero-order valence-electron chi connectivity index (χ0n) is 16.6. The first kappa shape index (κ1) is 21.1. The molecule has 1 aliphatic heterocycles. The third-order valence-corrected chi connectivity index (χ3v) is 6.01. The Labute approximate surface area is 187 Å². The third kappa shape index (κ3) is 4.98. The molecular weight excluding hydrogens is 436 g/mol. The zero-order valence-corrected chi connectivity index (χ0v) is 18.1. The first-order valence-electron chi connectivity index (χ1n) is 9.58. The summed E-state index contributed by atoms with van der Waals surface area (Å²) >= 11 is 7.22. The Hall–Kier alpha value is -3.10. The lowest BCUT2D eigenvalue weighted by Crippen LogP contribution is -2.36. The summed E-state index contributed by atoms with van der Waals surface area (Å²) in [7, 11) is 0. The van der Waals surface area contributed by atoms with Crippen LogP contribution in [0.1, 0.15) is 29.0 Å². The molecule has 0 radical (unpaired) electrons. The number of rotatable bonds is 5. The van der Waals surface area contributed by atoms with Crippen LogP contribution in [-0.4, -0.2) is 21.8 Å². The van der Waals surface area contributed by atoms with Crippen molar-refractivity contribution >= 4 is 46.7 Å². The van der Waals surface area contributed by atoms with Gasteiger partial charge in [0.25, 0.3) is 5.56 Å². The van der Waals surface area contributed by atoms with Crippen LogP contribution in [0.4, 0.5) is 11.5 Å². The van der Waals surface area contributed by atoms with E-state index in [-0.39, 0.29) is 23.7 Å². The number of halogens is 1. The molecule has 3 N–H and O–H groups in total. The minimum atomic E-state index is -0.938. The predicted octanol–water partition coefficient (Wildman–Crippen LogP) is 4.09. The molecule has 2 heterocycles. The number of H-pyrrole nitrogens is 1. The maximum atomic E-state index is 12.8. The second kappa shape index (κ2) is 8.95. The Balaban J connectivity index is 1.57. The number of aromatic amines is 1. The third-order valence-electron chi connectivity index (χ3n) is 4.82. The van der Waals surface area contributed by atoms with Crippen LogP contribution in [-0.2, 0) is 15.3 Å². The number of benzene rings is 2. The molecule has 3 aromatic rings. The van der Waals surface area contributed by atoms with Crippen LogP contribution in [0.25, 0.3) is 0 Å². The fourth-order valence-corrected chi connectivity index (χ4v) is 4.29. The topological polar surface area (TPSA) is 104 Å². The molecule has 1 unspecified atom stereocenters. The molecule has 158 valence electrons. The predicted molar refractivity (Wildman–Crippen MR) is 122 cm³/mol. The maximum absolute atomic E-state index is 12.8. The van der Waals surface area contributed by atoms with Gasteiger partial charge in [-0.15, -0.1) is 0 Å². The van der Waals surface area contributed by atoms with E-state index in [1.165, 1.54) is 11.8 Å². The first-order chi connectivity index (χ1) is 14.9. The summed E-state index contributed by atoms with van der Waals surface area (Å²) in [6.45, 7) is 2.01. The van der Waals surface area contributed by atoms with Gasteiger partial charge in [-0.05, 0) is 36.8 Å². The SMILES string of the molecule is Cc1cccc(CSc2nc3c(c(=O)[nH]2)C(C(=O)Nc2ccc(Cl)cc2)CC(=O)N3)c1. The van der Waals surface area contributed by atoms with Gasteiger partial charge in [-0.1, -0.05) is 53.2 Å². The Morgan fingerprint density at radius 2 is 2.00 bits per heavy atom. The number of amides is 2. The summed E-state index contributed by atoms with van der Waals surface area (Å²) in [6, 6.07) is 14.6. The van der Waals surface area contributed by atoms with Gasteiger partial charge >= 0.3 is 0 Å². The highest BCUT2D eigenvalue weighted by atomic mass is 35.5. The summed E-state index contributed by atoms with van der Waals surface area (Å²) in [5.74, 6) is -1.02. The van der Waals surface area contributed by atoms with Crippen molar-refractivity contribution in [2.75, 3.05) is 10.6 Å². The van der Waals surface area contributed by atoms with Crippen LogP contribution in [0.3, 0.4) is 0 Å². The Morgan fingerprint density at radius 3 is 2.74 bits per heavy atom. The number of aryl methyl sites for hydroxylation is 1. The normalized spacial score (nSPS) is 15.2. The Kier molecular flexibility index (Phi) is 6.11. The van der Waals surface area contributed by atoms with Crippen LogP contribution in [0.5, 0.6) is 0 Å². The monoisotopic (exact) mass is 454 g/mol. The van der Waals surface area contributed by atoms with E-state index in [1.54, 1.807) is 24.3 Å². The average molecular weight is 455 g/mol. The number of thioether (sulfide) groups is 1. The van der Waals surface area contributed by atoms with E-state index >= 15 is 0 Å². The van der Waals surface area contributed by atoms with E-state index < -0.39 is 17.4 Å². The highest BCUT2D eigenvalue weighted by Gasteiger charge is 2.34. The number of fused-ring (bicyclic) bond motifs is 1. The van der Waals surface area contributed by atoms with Gasteiger partial charge in [0, 0.05) is 22.9 Å². The average Bonchev–Trinajstić information content (AvgIpc) is 2.73. The number of nitrogens with zero attached hydrogens (tertiary/aromatic N) is 1. The van der Waals surface area contributed by atoms with Gasteiger partial charge in [0.05, 0.1) is 11.5 Å². The smallest absolute Gasteiger partial charge is 0.257 e. The van der Waals surface area contributed by atoms with Gasteiger partial charge in [0.15, 0.2) is 5.16 Å². The quantitative estimate of drug-likeness (QED) is 0.398. The molecule has 0 spiro atoms. The second-order valence-electron chi connectivity index (χ2n) is 7.21. The molecule has 0 fully saturated rings. The van der Waals surface area contributed by atoms with Crippen molar-refractivity contribution < 1.29 is 9.59 Å². The summed E-state index contributed by atoms with van der Waals surface area (Å²) in [6.07, 6.45) is -0.132. The minimum Gasteiger partial charge on any atom is -0.326 e. The number of carbonyl (C=O) groups is 2. The molecule has 0 saturated carbocycles. The first-order valence-corrected chi connectivity index (χ1v) is 10.9. The lowest BCUT2D eigenvalue weighted by atomic mass is 9.92. The summed E-state index contributed by atoms with van der Waals surface area (Å²) in [4.78, 5) is 45.0. The highest BCUT2D eigenvalue weighted by Crippen LogP contribution is 2.31. The zero-order chi connectivity index (χ0) is 22.0. The molecular formula is C22H19ClN4O3S. The van der Waals surface area contributed by atoms with Gasteiger partial charge in [0.2, 0.25) is 11.8 Å². The summed E-state index contributed by atoms with van der Waals surface area (Å²) < 4.78 is 0. The molecule has 0 bridgehead atoms. The Bertz CT molecular complexity index is 1210. The van der Waals surface area contributed by atoms with Crippen molar-refractivity contribution in [3.63, 3.8) is 0 Å². The van der Waals surface area contributed by atoms with Crippen LogP contribution >= 0.6 is 23.4 Å². The van der Waals surface area contributed by atoms with Crippen LogP contribution < -0.4 is 16.2 Å². The lowest BCUT2D eigenvalue weighted by molar-refractivity contribution is -0.123. The van der Waals surface area contributed by atoms with Crippen LogP contribution in [0.15, 0.2) is 58.5 Å². The summed E-state index contributed by atoms with van der Waals surface area (Å²) in [5, 5.41) is 6.27. The second-order valence-corrected chi connectivity index (χ2v) is 8.61. The highest BCUT2D eigenvalue weighted by molar-refractivity contribution is 7.98. The van der Waals surface area contributed by atoms with Crippen LogP contribution in [0.2, 0.25) is 5.02 Å². The molecule has 7 nitrogen and oxygen atoms in total. The molecule has 9 heteroatoms. The molecule has 0 aliphatic carbocycles. The van der Waals surface area contributed by atoms with Crippen molar-refractivity contribution in [3.8, 4) is 0 Å². The Morgan fingerprint density at radius 1 is 1.23 bits per heavy atom. The number of carbonyl (C=O) groups excluding carboxylic acids is 2. The van der Waals surface area contributed by atoms with Gasteiger partial charge in [-0.2, -0.15) is 0 Å². The fraction of sp³-hybridized carbons (Fsp3) is 0.182. The molecule has 31 heavy (non-hydrogen) atoms. The van der Waals surface area contributed by atoms with Gasteiger partial charge in [-0.25, -0.2) is 4.98 Å². The molecule has 2 amide bonds. The van der Waals surface area contributed by atoms with E-state index in [4.69, 9.17) is 11.6 Å². The van der Waals surface area contributed by atoms with Crippen molar-refractivity contribution in [1.29, 1.82) is 0 Å². The van der Waals surface area contributed by atoms with Gasteiger partial charge in [0.1, 0.15) is 5.82 Å². The standard InChI is InChI=1S/C22H19ClN4O3S/c1-12-3-2-4-13(9-12)11-31-22-26-19-18(21(30)27-22)16(10-17(28)25-19)20(29)24-15-7-5-14(23)6-8-15/h2-9,16H,10-11H2,1H3,(H,24,29)(H2,25,26,27,28,30). The van der Waals surface area contributed by atoms with E-state index in [9.17, 15) is 14.4 Å². The van der Waals surface area contributed by atoms with E-state index in [2.05, 4.69) is 26.7 Å². The van der Waals surface area contributed by atoms with E-state index in [1.807, 2.05) is 25.1 Å². The molecule has 1 atom stereocenters. The fourth-order valence-electron chi connectivity index (χ4n) is 3.36. The van der Waals surface area contributed by atoms with Crippen molar-refractivity contribution in [2.45, 2.75) is 30.2 Å². The van der Waals surface area contributed by atoms with Crippen molar-refractivity contribution in [2.24, 2.45) is 0 Å². The molecule has 2 aromatic carbocycles. The molecule has 0 saturated heterocycles. The molecule has 1 aliphatic rings. The minimum absolute atomic E-state index is 0.128.